The van der Waals surface area contributed by atoms with E-state index in [1.165, 1.54) is 0 Å². The van der Waals surface area contributed by atoms with Gasteiger partial charge in [0.2, 0.25) is 10.0 Å². The SMILES string of the molecule is CC(C)CCNS(=O)(=O)c1cccc2c(N(C)C)cccc12. The molecule has 5 heteroatoms. The van der Waals surface area contributed by atoms with Crippen LogP contribution in [0.5, 0.6) is 0 Å². The van der Waals surface area contributed by atoms with Crippen molar-refractivity contribution in [3.63, 3.8) is 0 Å². The smallest absolute Gasteiger partial charge is 0.241 e. The molecule has 0 aliphatic carbocycles. The summed E-state index contributed by atoms with van der Waals surface area (Å²) in [6.45, 7) is 4.62. The summed E-state index contributed by atoms with van der Waals surface area (Å²) in [5.74, 6) is 0.468. The van der Waals surface area contributed by atoms with Crippen LogP contribution in [0.3, 0.4) is 0 Å². The van der Waals surface area contributed by atoms with Crippen LogP contribution in [0.15, 0.2) is 41.3 Å². The minimum atomic E-state index is -3.49. The molecular formula is C17H24N2O2S. The molecule has 4 nitrogen and oxygen atoms in total. The number of nitrogens with one attached hydrogen (secondary N) is 1. The van der Waals surface area contributed by atoms with Crippen molar-refractivity contribution in [1.82, 2.24) is 4.72 Å². The zero-order valence-corrected chi connectivity index (χ0v) is 14.4. The average molecular weight is 320 g/mol. The summed E-state index contributed by atoms with van der Waals surface area (Å²) in [5.41, 5.74) is 1.01. The second-order valence-corrected chi connectivity index (χ2v) is 7.84. The number of sulfonamides is 1. The second-order valence-electron chi connectivity index (χ2n) is 6.10. The quantitative estimate of drug-likeness (QED) is 0.889. The third-order valence-corrected chi connectivity index (χ3v) is 5.16. The highest BCUT2D eigenvalue weighted by atomic mass is 32.2. The number of fused-ring (bicyclic) bond motifs is 1. The molecule has 0 radical (unpaired) electrons. The summed E-state index contributed by atoms with van der Waals surface area (Å²) < 4.78 is 27.9. The van der Waals surface area contributed by atoms with Gasteiger partial charge in [0.05, 0.1) is 4.90 Å². The van der Waals surface area contributed by atoms with Crippen molar-refractivity contribution < 1.29 is 8.42 Å². The lowest BCUT2D eigenvalue weighted by Crippen LogP contribution is -2.25. The predicted molar refractivity (Wildman–Crippen MR) is 92.9 cm³/mol. The lowest BCUT2D eigenvalue weighted by atomic mass is 10.1. The Kier molecular flexibility index (Phi) is 5.08. The fourth-order valence-electron chi connectivity index (χ4n) is 2.45. The summed E-state index contributed by atoms with van der Waals surface area (Å²) in [4.78, 5) is 2.34. The van der Waals surface area contributed by atoms with Crippen molar-refractivity contribution in [2.75, 3.05) is 25.5 Å². The minimum Gasteiger partial charge on any atom is -0.377 e. The Bertz CT molecular complexity index is 752. The van der Waals surface area contributed by atoms with E-state index in [2.05, 4.69) is 18.6 Å². The van der Waals surface area contributed by atoms with Gasteiger partial charge in [-0.2, -0.15) is 0 Å². The van der Waals surface area contributed by atoms with E-state index in [4.69, 9.17) is 0 Å². The van der Waals surface area contributed by atoms with E-state index >= 15 is 0 Å². The normalized spacial score (nSPS) is 12.0. The molecule has 0 aliphatic rings. The minimum absolute atomic E-state index is 0.345. The van der Waals surface area contributed by atoms with Crippen LogP contribution in [0.1, 0.15) is 20.3 Å². The van der Waals surface area contributed by atoms with Gasteiger partial charge in [0.25, 0.3) is 0 Å². The third kappa shape index (κ3) is 3.59. The van der Waals surface area contributed by atoms with E-state index in [0.29, 0.717) is 17.4 Å². The van der Waals surface area contributed by atoms with Crippen LogP contribution >= 0.6 is 0 Å². The number of anilines is 1. The van der Waals surface area contributed by atoms with Crippen molar-refractivity contribution in [1.29, 1.82) is 0 Å². The van der Waals surface area contributed by atoms with Crippen molar-refractivity contribution in [2.24, 2.45) is 5.92 Å². The number of rotatable bonds is 6. The Morgan fingerprint density at radius 2 is 1.68 bits per heavy atom. The topological polar surface area (TPSA) is 49.4 Å². The van der Waals surface area contributed by atoms with Gasteiger partial charge in [-0.15, -0.1) is 0 Å². The van der Waals surface area contributed by atoms with E-state index in [1.54, 1.807) is 12.1 Å². The highest BCUT2D eigenvalue weighted by molar-refractivity contribution is 7.89. The van der Waals surface area contributed by atoms with Crippen LogP contribution in [-0.2, 0) is 10.0 Å². The van der Waals surface area contributed by atoms with Crippen LogP contribution in [0.2, 0.25) is 0 Å². The number of benzene rings is 2. The third-order valence-electron chi connectivity index (χ3n) is 3.64. The van der Waals surface area contributed by atoms with Crippen molar-refractivity contribution >= 4 is 26.5 Å². The van der Waals surface area contributed by atoms with Gasteiger partial charge in [-0.3, -0.25) is 0 Å². The van der Waals surface area contributed by atoms with Gasteiger partial charge >= 0.3 is 0 Å². The largest absolute Gasteiger partial charge is 0.377 e. The van der Waals surface area contributed by atoms with E-state index in [-0.39, 0.29) is 0 Å². The van der Waals surface area contributed by atoms with E-state index < -0.39 is 10.0 Å². The highest BCUT2D eigenvalue weighted by Crippen LogP contribution is 2.30. The molecule has 0 aliphatic heterocycles. The molecule has 0 saturated heterocycles. The summed E-state index contributed by atoms with van der Waals surface area (Å²) in [6, 6.07) is 11.2. The fourth-order valence-corrected chi connectivity index (χ4v) is 3.72. The average Bonchev–Trinajstić information content (AvgIpc) is 2.45. The van der Waals surface area contributed by atoms with Gasteiger partial charge in [0.15, 0.2) is 0 Å². The fraction of sp³-hybridized carbons (Fsp3) is 0.412. The molecule has 120 valence electrons. The van der Waals surface area contributed by atoms with Crippen LogP contribution in [0.4, 0.5) is 5.69 Å². The maximum Gasteiger partial charge on any atom is 0.241 e. The van der Waals surface area contributed by atoms with Crippen LogP contribution in [0.25, 0.3) is 10.8 Å². The second kappa shape index (κ2) is 6.67. The molecule has 22 heavy (non-hydrogen) atoms. The first-order valence-electron chi connectivity index (χ1n) is 7.51. The summed E-state index contributed by atoms with van der Waals surface area (Å²) >= 11 is 0. The molecule has 0 amide bonds. The molecule has 0 unspecified atom stereocenters. The lowest BCUT2D eigenvalue weighted by Gasteiger charge is -2.17. The van der Waals surface area contributed by atoms with Crippen molar-refractivity contribution in [2.45, 2.75) is 25.2 Å². The van der Waals surface area contributed by atoms with Gasteiger partial charge < -0.3 is 4.90 Å². The van der Waals surface area contributed by atoms with Gasteiger partial charge in [0.1, 0.15) is 0 Å². The maximum absolute atomic E-state index is 12.6. The highest BCUT2D eigenvalue weighted by Gasteiger charge is 2.18. The van der Waals surface area contributed by atoms with E-state index in [1.807, 2.05) is 43.3 Å². The molecule has 0 saturated carbocycles. The lowest BCUT2D eigenvalue weighted by molar-refractivity contribution is 0.552. The molecule has 1 N–H and O–H groups in total. The molecule has 0 atom stereocenters. The molecule has 2 rings (SSSR count). The number of hydrogen-bond donors (Lipinski definition) is 1. The zero-order chi connectivity index (χ0) is 16.3. The van der Waals surface area contributed by atoms with E-state index in [0.717, 1.165) is 22.9 Å². The van der Waals surface area contributed by atoms with Crippen LogP contribution in [-0.4, -0.2) is 29.1 Å². The first kappa shape index (κ1) is 16.8. The first-order chi connectivity index (χ1) is 10.3. The van der Waals surface area contributed by atoms with Gasteiger partial charge in [-0.05, 0) is 24.5 Å². The molecular weight excluding hydrogens is 296 g/mol. The van der Waals surface area contributed by atoms with Gasteiger partial charge in [-0.25, -0.2) is 13.1 Å². The van der Waals surface area contributed by atoms with Crippen LogP contribution in [0, 0.1) is 5.92 Å². The zero-order valence-electron chi connectivity index (χ0n) is 13.6. The van der Waals surface area contributed by atoms with Gasteiger partial charge in [-0.1, -0.05) is 38.1 Å². The predicted octanol–water partition coefficient (Wildman–Crippen LogP) is 3.23. The monoisotopic (exact) mass is 320 g/mol. The Balaban J connectivity index is 2.45. The van der Waals surface area contributed by atoms with Gasteiger partial charge in [0, 0.05) is 37.1 Å². The Labute approximate surface area is 133 Å². The molecule has 0 fully saturated rings. The molecule has 2 aromatic rings. The molecule has 0 bridgehead atoms. The number of hydrogen-bond acceptors (Lipinski definition) is 3. The molecule has 0 aromatic heterocycles. The van der Waals surface area contributed by atoms with E-state index in [9.17, 15) is 8.42 Å². The molecule has 0 heterocycles. The van der Waals surface area contributed by atoms with Crippen molar-refractivity contribution in [3.05, 3.63) is 36.4 Å². The van der Waals surface area contributed by atoms with Crippen molar-refractivity contribution in [3.8, 4) is 0 Å². The number of nitrogens with zero attached hydrogens (tertiary/aromatic N) is 1. The Morgan fingerprint density at radius 3 is 2.32 bits per heavy atom. The summed E-state index contributed by atoms with van der Waals surface area (Å²) in [5, 5.41) is 1.70. The maximum atomic E-state index is 12.6. The Hall–Kier alpha value is -1.59. The molecule has 2 aromatic carbocycles. The standard InChI is InChI=1S/C17H24N2O2S/c1-13(2)11-12-18-22(20,21)17-10-6-7-14-15(17)8-5-9-16(14)19(3)4/h5-10,13,18H,11-12H2,1-4H3. The van der Waals surface area contributed by atoms with Crippen LogP contribution < -0.4 is 9.62 Å². The molecule has 0 spiro atoms. The Morgan fingerprint density at radius 1 is 1.05 bits per heavy atom. The summed E-state index contributed by atoms with van der Waals surface area (Å²) in [6.07, 6.45) is 0.826. The first-order valence-corrected chi connectivity index (χ1v) is 9.00. The summed E-state index contributed by atoms with van der Waals surface area (Å²) in [7, 11) is 0.417.